The Bertz CT molecular complexity index is 1410. The maximum absolute atomic E-state index is 6.29. The maximum atomic E-state index is 6.29. The summed E-state index contributed by atoms with van der Waals surface area (Å²) in [5, 5.41) is 0.666. The Hall–Kier alpha value is -2.96. The zero-order chi connectivity index (χ0) is 23.5. The third kappa shape index (κ3) is 6.62. The standard InChI is InChI=1S/C28H26ClN3O2.2ClH/c1-32(2)17-20-8-11-24-25(14-20)31-28(30-24)27-13-10-23(34-27)16-21-15-22(29)9-12-26(21)33-18-19-6-4-3-5-7-19;;/h3-15H,16-18H2,1-2H3,(H,30,31);2*1H. The summed E-state index contributed by atoms with van der Waals surface area (Å²) in [4.78, 5) is 10.3. The molecular formula is C28H28Cl3N3O2. The molecule has 0 amide bonds. The van der Waals surface area contributed by atoms with Crippen LogP contribution in [-0.4, -0.2) is 29.0 Å². The van der Waals surface area contributed by atoms with Crippen molar-refractivity contribution in [3.8, 4) is 17.3 Å². The lowest BCUT2D eigenvalue weighted by Crippen LogP contribution is -2.10. The van der Waals surface area contributed by atoms with Crippen LogP contribution in [0, 0.1) is 0 Å². The quantitative estimate of drug-likeness (QED) is 0.219. The van der Waals surface area contributed by atoms with Crippen LogP contribution in [0.5, 0.6) is 5.75 Å². The molecule has 188 valence electrons. The van der Waals surface area contributed by atoms with Gasteiger partial charge in [-0.15, -0.1) is 24.8 Å². The van der Waals surface area contributed by atoms with Crippen LogP contribution in [0.1, 0.15) is 22.5 Å². The van der Waals surface area contributed by atoms with Crippen LogP contribution in [0.25, 0.3) is 22.6 Å². The van der Waals surface area contributed by atoms with Gasteiger partial charge < -0.3 is 19.0 Å². The normalized spacial score (nSPS) is 10.8. The van der Waals surface area contributed by atoms with Crippen LogP contribution in [0.3, 0.4) is 0 Å². The number of ether oxygens (including phenoxy) is 1. The Balaban J connectivity index is 0.00000180. The van der Waals surface area contributed by atoms with Crippen molar-refractivity contribution in [1.29, 1.82) is 0 Å². The molecule has 0 aliphatic heterocycles. The number of nitrogens with one attached hydrogen (secondary N) is 1. The highest BCUT2D eigenvalue weighted by atomic mass is 35.5. The first kappa shape index (κ1) is 27.6. The van der Waals surface area contributed by atoms with Crippen molar-refractivity contribution < 1.29 is 9.15 Å². The van der Waals surface area contributed by atoms with E-state index in [2.05, 4.69) is 42.2 Å². The summed E-state index contributed by atoms with van der Waals surface area (Å²) in [6.45, 7) is 1.37. The highest BCUT2D eigenvalue weighted by molar-refractivity contribution is 6.30. The van der Waals surface area contributed by atoms with Crippen LogP contribution in [-0.2, 0) is 19.6 Å². The van der Waals surface area contributed by atoms with Gasteiger partial charge in [-0.1, -0.05) is 48.0 Å². The number of imidazole rings is 1. The Morgan fingerprint density at radius 1 is 0.917 bits per heavy atom. The summed E-state index contributed by atoms with van der Waals surface area (Å²) >= 11 is 6.29. The van der Waals surface area contributed by atoms with E-state index in [-0.39, 0.29) is 24.8 Å². The summed E-state index contributed by atoms with van der Waals surface area (Å²) in [6, 6.07) is 26.0. The Labute approximate surface area is 228 Å². The second kappa shape index (κ2) is 12.3. The predicted octanol–water partition coefficient (Wildman–Crippen LogP) is 7.55. The summed E-state index contributed by atoms with van der Waals surface area (Å²) in [5.41, 5.74) is 5.23. The first-order valence-electron chi connectivity index (χ1n) is 11.2. The Kier molecular flexibility index (Phi) is 9.46. The minimum absolute atomic E-state index is 0. The monoisotopic (exact) mass is 543 g/mol. The molecule has 0 fully saturated rings. The van der Waals surface area contributed by atoms with Crippen molar-refractivity contribution in [2.75, 3.05) is 14.1 Å². The van der Waals surface area contributed by atoms with E-state index in [4.69, 9.17) is 25.7 Å². The van der Waals surface area contributed by atoms with Crippen LogP contribution in [0.2, 0.25) is 5.02 Å². The third-order valence-corrected chi connectivity index (χ3v) is 5.80. The number of benzene rings is 3. The van der Waals surface area contributed by atoms with Gasteiger partial charge in [-0.25, -0.2) is 4.98 Å². The van der Waals surface area contributed by atoms with Gasteiger partial charge >= 0.3 is 0 Å². The molecule has 8 heteroatoms. The van der Waals surface area contributed by atoms with Crippen LogP contribution < -0.4 is 4.74 Å². The molecule has 0 atom stereocenters. The number of aromatic amines is 1. The van der Waals surface area contributed by atoms with Crippen molar-refractivity contribution in [2.45, 2.75) is 19.6 Å². The van der Waals surface area contributed by atoms with Gasteiger partial charge in [0.15, 0.2) is 11.6 Å². The van der Waals surface area contributed by atoms with Crippen molar-refractivity contribution in [3.63, 3.8) is 0 Å². The van der Waals surface area contributed by atoms with Crippen LogP contribution >= 0.6 is 36.4 Å². The average Bonchev–Trinajstić information content (AvgIpc) is 3.45. The van der Waals surface area contributed by atoms with E-state index >= 15 is 0 Å². The van der Waals surface area contributed by atoms with Gasteiger partial charge in [0.05, 0.1) is 11.0 Å². The van der Waals surface area contributed by atoms with E-state index in [9.17, 15) is 0 Å². The summed E-state index contributed by atoms with van der Waals surface area (Å²) in [7, 11) is 4.12. The van der Waals surface area contributed by atoms with Gasteiger partial charge in [-0.2, -0.15) is 0 Å². The lowest BCUT2D eigenvalue weighted by atomic mass is 10.1. The summed E-state index contributed by atoms with van der Waals surface area (Å²) in [6.07, 6.45) is 0.567. The molecule has 0 saturated heterocycles. The fourth-order valence-electron chi connectivity index (χ4n) is 3.98. The van der Waals surface area contributed by atoms with E-state index in [1.165, 1.54) is 5.56 Å². The highest BCUT2D eigenvalue weighted by Crippen LogP contribution is 2.29. The Morgan fingerprint density at radius 3 is 2.50 bits per heavy atom. The molecule has 0 radical (unpaired) electrons. The number of hydrogen-bond donors (Lipinski definition) is 1. The van der Waals surface area contributed by atoms with Crippen LogP contribution in [0.4, 0.5) is 0 Å². The van der Waals surface area contributed by atoms with E-state index in [1.54, 1.807) is 0 Å². The summed E-state index contributed by atoms with van der Waals surface area (Å²) in [5.74, 6) is 3.03. The largest absolute Gasteiger partial charge is 0.489 e. The molecular weight excluding hydrogens is 517 g/mol. The minimum Gasteiger partial charge on any atom is -0.489 e. The molecule has 1 N–H and O–H groups in total. The number of furan rings is 1. The second-order valence-corrected chi connectivity index (χ2v) is 9.08. The smallest absolute Gasteiger partial charge is 0.174 e. The first-order chi connectivity index (χ1) is 16.5. The number of rotatable bonds is 8. The number of hydrogen-bond acceptors (Lipinski definition) is 4. The van der Waals surface area contributed by atoms with Gasteiger partial charge in [-0.3, -0.25) is 0 Å². The van der Waals surface area contributed by atoms with E-state index < -0.39 is 0 Å². The SMILES string of the molecule is CN(C)Cc1ccc2[nH]c(-c3ccc(Cc4cc(Cl)ccc4OCc4ccccc4)o3)nc2c1.Cl.Cl. The number of aromatic nitrogens is 2. The molecule has 0 unspecified atom stereocenters. The molecule has 36 heavy (non-hydrogen) atoms. The molecule has 5 aromatic rings. The fraction of sp³-hybridized carbons (Fsp3) is 0.179. The number of halogens is 3. The zero-order valence-electron chi connectivity index (χ0n) is 20.0. The van der Waals surface area contributed by atoms with Gasteiger partial charge in [0.25, 0.3) is 0 Å². The molecule has 0 bridgehead atoms. The minimum atomic E-state index is 0. The molecule has 2 heterocycles. The van der Waals surface area contributed by atoms with Crippen molar-refractivity contribution in [1.82, 2.24) is 14.9 Å². The molecule has 0 spiro atoms. The number of fused-ring (bicyclic) bond motifs is 1. The predicted molar refractivity (Wildman–Crippen MR) is 151 cm³/mol. The number of nitrogens with zero attached hydrogens (tertiary/aromatic N) is 2. The van der Waals surface area contributed by atoms with Gasteiger partial charge in [0, 0.05) is 23.6 Å². The first-order valence-corrected chi connectivity index (χ1v) is 11.6. The summed E-state index contributed by atoms with van der Waals surface area (Å²) < 4.78 is 12.3. The molecule has 0 saturated carbocycles. The topological polar surface area (TPSA) is 54.3 Å². The average molecular weight is 545 g/mol. The third-order valence-electron chi connectivity index (χ3n) is 5.57. The van der Waals surface area contributed by atoms with Crippen molar-refractivity contribution in [2.24, 2.45) is 0 Å². The Morgan fingerprint density at radius 2 is 1.72 bits per heavy atom. The second-order valence-electron chi connectivity index (χ2n) is 8.64. The van der Waals surface area contributed by atoms with E-state index in [1.807, 2.05) is 60.7 Å². The van der Waals surface area contributed by atoms with Gasteiger partial charge in [0.1, 0.15) is 18.1 Å². The fourth-order valence-corrected chi connectivity index (χ4v) is 4.18. The zero-order valence-corrected chi connectivity index (χ0v) is 22.4. The van der Waals surface area contributed by atoms with E-state index in [0.29, 0.717) is 23.8 Å². The molecule has 0 aliphatic carbocycles. The lowest BCUT2D eigenvalue weighted by molar-refractivity contribution is 0.303. The van der Waals surface area contributed by atoms with Crippen LogP contribution in [0.15, 0.2) is 83.3 Å². The molecule has 5 nitrogen and oxygen atoms in total. The molecule has 2 aromatic heterocycles. The van der Waals surface area contributed by atoms with Crippen molar-refractivity contribution >= 4 is 47.4 Å². The maximum Gasteiger partial charge on any atom is 0.174 e. The van der Waals surface area contributed by atoms with Gasteiger partial charge in [0.2, 0.25) is 0 Å². The van der Waals surface area contributed by atoms with E-state index in [0.717, 1.165) is 46.0 Å². The molecule has 0 aliphatic rings. The molecule has 5 rings (SSSR count). The highest BCUT2D eigenvalue weighted by Gasteiger charge is 2.13. The van der Waals surface area contributed by atoms with Gasteiger partial charge in [-0.05, 0) is 67.7 Å². The lowest BCUT2D eigenvalue weighted by Gasteiger charge is -2.11. The van der Waals surface area contributed by atoms with Crippen molar-refractivity contribution in [3.05, 3.63) is 106 Å². The molecule has 3 aromatic carbocycles. The number of H-pyrrole nitrogens is 1.